The molecule has 0 bridgehead atoms. The van der Waals surface area contributed by atoms with Crippen LogP contribution in [0.1, 0.15) is 18.1 Å². The number of carbonyl (C=O) groups excluding carboxylic acids is 3. The van der Waals surface area contributed by atoms with Crippen LogP contribution < -0.4 is 14.8 Å². The van der Waals surface area contributed by atoms with E-state index in [1.807, 2.05) is 13.8 Å². The molecule has 2 aromatic rings. The van der Waals surface area contributed by atoms with Crippen molar-refractivity contribution < 1.29 is 23.9 Å². The van der Waals surface area contributed by atoms with Gasteiger partial charge in [-0.2, -0.15) is 0 Å². The highest BCUT2D eigenvalue weighted by Gasteiger charge is 2.36. The zero-order chi connectivity index (χ0) is 23.4. The molecule has 1 saturated heterocycles. The molecule has 32 heavy (non-hydrogen) atoms. The molecule has 0 spiro atoms. The highest BCUT2D eigenvalue weighted by molar-refractivity contribution is 9.10. The molecule has 0 aliphatic carbocycles. The van der Waals surface area contributed by atoms with Gasteiger partial charge in [0.05, 0.1) is 23.1 Å². The fourth-order valence-corrected chi connectivity index (χ4v) is 4.54. The van der Waals surface area contributed by atoms with Crippen molar-refractivity contribution in [3.8, 4) is 11.5 Å². The maximum Gasteiger partial charge on any atom is 0.294 e. The van der Waals surface area contributed by atoms with Crippen molar-refractivity contribution >= 4 is 68.1 Å². The smallest absolute Gasteiger partial charge is 0.294 e. The molecule has 7 nitrogen and oxygen atoms in total. The van der Waals surface area contributed by atoms with Crippen LogP contribution in [0.3, 0.4) is 0 Å². The lowest BCUT2D eigenvalue weighted by atomic mass is 10.2. The maximum absolute atomic E-state index is 12.8. The standard InChI is InChI=1S/C22H20BrClN2O5S/c1-4-31-20-15(23)7-13(8-17(20)30-3)9-18-21(28)26(22(29)32-18)11-19(27)25-16-10-14(24)6-5-12(16)2/h5-10H,4,11H2,1-3H3,(H,25,27)/b18-9+. The summed E-state index contributed by atoms with van der Waals surface area (Å²) in [5.41, 5.74) is 1.98. The Bertz CT molecular complexity index is 1120. The van der Waals surface area contributed by atoms with Gasteiger partial charge in [-0.05, 0) is 83.0 Å². The second-order valence-corrected chi connectivity index (χ2v) is 9.03. The number of imide groups is 1. The number of halogens is 2. The zero-order valence-corrected chi connectivity index (χ0v) is 20.7. The van der Waals surface area contributed by atoms with Crippen LogP contribution in [0.5, 0.6) is 11.5 Å². The summed E-state index contributed by atoms with van der Waals surface area (Å²) in [6.45, 7) is 3.74. The van der Waals surface area contributed by atoms with Crippen LogP contribution in [-0.4, -0.2) is 42.2 Å². The third-order valence-corrected chi connectivity index (χ3v) is 6.22. The van der Waals surface area contributed by atoms with Gasteiger partial charge in [0.1, 0.15) is 6.54 Å². The fourth-order valence-electron chi connectivity index (χ4n) is 2.96. The molecule has 0 saturated carbocycles. The van der Waals surface area contributed by atoms with Crippen LogP contribution in [0.2, 0.25) is 5.02 Å². The van der Waals surface area contributed by atoms with Crippen LogP contribution in [0, 0.1) is 6.92 Å². The van der Waals surface area contributed by atoms with Gasteiger partial charge in [0.15, 0.2) is 11.5 Å². The molecule has 1 heterocycles. The van der Waals surface area contributed by atoms with Crippen molar-refractivity contribution in [3.63, 3.8) is 0 Å². The second kappa shape index (κ2) is 10.4. The van der Waals surface area contributed by atoms with E-state index in [0.29, 0.717) is 38.9 Å². The number of aryl methyl sites for hydroxylation is 1. The summed E-state index contributed by atoms with van der Waals surface area (Å²) in [5, 5.41) is 2.64. The Hall–Kier alpha value is -2.49. The topological polar surface area (TPSA) is 84.9 Å². The Kier molecular flexibility index (Phi) is 7.86. The number of anilines is 1. The average molecular weight is 540 g/mol. The SMILES string of the molecule is CCOc1c(Br)cc(/C=C2/SC(=O)N(CC(=O)Nc3cc(Cl)ccc3C)C2=O)cc1OC. The number of nitrogens with zero attached hydrogens (tertiary/aromatic N) is 1. The number of methoxy groups -OCH3 is 1. The molecule has 168 valence electrons. The van der Waals surface area contributed by atoms with Crippen LogP contribution in [0.15, 0.2) is 39.7 Å². The predicted octanol–water partition coefficient (Wildman–Crippen LogP) is 5.49. The number of rotatable bonds is 7. The molecule has 0 unspecified atom stereocenters. The molecule has 1 N–H and O–H groups in total. The molecular weight excluding hydrogens is 520 g/mol. The summed E-state index contributed by atoms with van der Waals surface area (Å²) in [7, 11) is 1.52. The predicted molar refractivity (Wildman–Crippen MR) is 129 cm³/mol. The number of thioether (sulfide) groups is 1. The minimum Gasteiger partial charge on any atom is -0.493 e. The van der Waals surface area contributed by atoms with Gasteiger partial charge in [-0.1, -0.05) is 17.7 Å². The monoisotopic (exact) mass is 538 g/mol. The van der Waals surface area contributed by atoms with Crippen molar-refractivity contribution in [1.29, 1.82) is 0 Å². The lowest BCUT2D eigenvalue weighted by Crippen LogP contribution is -2.36. The van der Waals surface area contributed by atoms with Gasteiger partial charge in [0.25, 0.3) is 11.1 Å². The summed E-state index contributed by atoms with van der Waals surface area (Å²) in [4.78, 5) is 38.7. The summed E-state index contributed by atoms with van der Waals surface area (Å²) in [6, 6.07) is 8.56. The van der Waals surface area contributed by atoms with E-state index < -0.39 is 23.6 Å². The summed E-state index contributed by atoms with van der Waals surface area (Å²) in [6.07, 6.45) is 1.58. The first-order valence-electron chi connectivity index (χ1n) is 9.55. The number of hydrogen-bond donors (Lipinski definition) is 1. The molecule has 2 aromatic carbocycles. The van der Waals surface area contributed by atoms with Gasteiger partial charge in [0, 0.05) is 10.7 Å². The van der Waals surface area contributed by atoms with Gasteiger partial charge in [-0.3, -0.25) is 19.3 Å². The number of ether oxygens (including phenoxy) is 2. The third kappa shape index (κ3) is 5.46. The quantitative estimate of drug-likeness (QED) is 0.468. The van der Waals surface area contributed by atoms with Crippen molar-refractivity contribution in [3.05, 3.63) is 55.9 Å². The van der Waals surface area contributed by atoms with Gasteiger partial charge in [-0.15, -0.1) is 0 Å². The number of carbonyl (C=O) groups is 3. The van der Waals surface area contributed by atoms with E-state index in [-0.39, 0.29) is 4.91 Å². The first-order chi connectivity index (χ1) is 15.2. The van der Waals surface area contributed by atoms with E-state index in [1.54, 1.807) is 36.4 Å². The molecule has 0 radical (unpaired) electrons. The molecule has 3 rings (SSSR count). The number of hydrogen-bond acceptors (Lipinski definition) is 6. The minimum atomic E-state index is -0.540. The van der Waals surface area contributed by atoms with E-state index in [9.17, 15) is 14.4 Å². The highest BCUT2D eigenvalue weighted by atomic mass is 79.9. The zero-order valence-electron chi connectivity index (χ0n) is 17.5. The summed E-state index contributed by atoms with van der Waals surface area (Å²) >= 11 is 10.2. The van der Waals surface area contributed by atoms with E-state index in [4.69, 9.17) is 21.1 Å². The molecule has 1 aliphatic heterocycles. The van der Waals surface area contributed by atoms with Crippen LogP contribution in [0.4, 0.5) is 10.5 Å². The van der Waals surface area contributed by atoms with Gasteiger partial charge in [-0.25, -0.2) is 0 Å². The molecule has 0 atom stereocenters. The Labute approximate surface area is 203 Å². The Morgan fingerprint density at radius 1 is 1.28 bits per heavy atom. The summed E-state index contributed by atoms with van der Waals surface area (Å²) < 4.78 is 11.6. The molecule has 1 aliphatic rings. The fraction of sp³-hybridized carbons (Fsp3) is 0.227. The van der Waals surface area contributed by atoms with Gasteiger partial charge >= 0.3 is 0 Å². The van der Waals surface area contributed by atoms with Crippen molar-refractivity contribution in [2.75, 3.05) is 25.6 Å². The largest absolute Gasteiger partial charge is 0.493 e. The van der Waals surface area contributed by atoms with Crippen LogP contribution in [0.25, 0.3) is 6.08 Å². The molecule has 0 aromatic heterocycles. The van der Waals surface area contributed by atoms with E-state index in [2.05, 4.69) is 21.2 Å². The minimum absolute atomic E-state index is 0.208. The maximum atomic E-state index is 12.8. The lowest BCUT2D eigenvalue weighted by Gasteiger charge is -2.14. The van der Waals surface area contributed by atoms with Gasteiger partial charge in [0.2, 0.25) is 5.91 Å². The lowest BCUT2D eigenvalue weighted by molar-refractivity contribution is -0.127. The van der Waals surface area contributed by atoms with Crippen molar-refractivity contribution in [1.82, 2.24) is 4.90 Å². The first kappa shape index (κ1) is 24.2. The Morgan fingerprint density at radius 2 is 2.03 bits per heavy atom. The third-order valence-electron chi connectivity index (χ3n) is 4.49. The molecule has 1 fully saturated rings. The van der Waals surface area contributed by atoms with E-state index in [1.165, 1.54) is 7.11 Å². The first-order valence-corrected chi connectivity index (χ1v) is 11.5. The molecular formula is C22H20BrClN2O5S. The number of amides is 3. The average Bonchev–Trinajstić information content (AvgIpc) is 2.99. The van der Waals surface area contributed by atoms with Crippen LogP contribution in [-0.2, 0) is 9.59 Å². The second-order valence-electron chi connectivity index (χ2n) is 6.74. The van der Waals surface area contributed by atoms with Crippen molar-refractivity contribution in [2.45, 2.75) is 13.8 Å². The van der Waals surface area contributed by atoms with E-state index in [0.717, 1.165) is 22.2 Å². The highest BCUT2D eigenvalue weighted by Crippen LogP contribution is 2.39. The number of nitrogens with one attached hydrogen (secondary N) is 1. The van der Waals surface area contributed by atoms with Crippen LogP contribution >= 0.6 is 39.3 Å². The summed E-state index contributed by atoms with van der Waals surface area (Å²) in [5.74, 6) is 0.00236. The molecule has 10 heteroatoms. The Balaban J connectivity index is 1.77. The van der Waals surface area contributed by atoms with E-state index >= 15 is 0 Å². The van der Waals surface area contributed by atoms with Gasteiger partial charge < -0.3 is 14.8 Å². The number of benzene rings is 2. The molecule has 3 amide bonds. The van der Waals surface area contributed by atoms with Crippen molar-refractivity contribution in [2.24, 2.45) is 0 Å². The Morgan fingerprint density at radius 3 is 2.72 bits per heavy atom. The normalized spacial score (nSPS) is 14.8.